The molecule has 0 N–H and O–H groups in total. The molecule has 0 saturated heterocycles. The van der Waals surface area contributed by atoms with E-state index in [2.05, 4.69) is 9.97 Å². The van der Waals surface area contributed by atoms with Gasteiger partial charge in [-0.25, -0.2) is 18.4 Å². The Hall–Kier alpha value is -2.02. The fraction of sp³-hybridized carbons (Fsp3) is 0.100. The summed E-state index contributed by atoms with van der Waals surface area (Å²) in [6, 6.07) is 4.53. The SMILES string of the molecule is Cn1cnc(S(=O)(=O)c2ccccn2)c1C=O. The maximum absolute atomic E-state index is 12.1. The Morgan fingerprint density at radius 1 is 1.29 bits per heavy atom. The minimum Gasteiger partial charge on any atom is -0.330 e. The molecule has 0 saturated carbocycles. The fourth-order valence-electron chi connectivity index (χ4n) is 1.36. The van der Waals surface area contributed by atoms with Gasteiger partial charge in [-0.2, -0.15) is 0 Å². The minimum atomic E-state index is -3.84. The van der Waals surface area contributed by atoms with Crippen LogP contribution in [0.3, 0.4) is 0 Å². The van der Waals surface area contributed by atoms with Gasteiger partial charge in [0.15, 0.2) is 16.3 Å². The van der Waals surface area contributed by atoms with Crippen LogP contribution in [-0.4, -0.2) is 29.2 Å². The van der Waals surface area contributed by atoms with E-state index in [0.717, 1.165) is 0 Å². The van der Waals surface area contributed by atoms with Crippen molar-refractivity contribution in [1.82, 2.24) is 14.5 Å². The summed E-state index contributed by atoms with van der Waals surface area (Å²) in [7, 11) is -2.29. The molecule has 0 spiro atoms. The first-order valence-electron chi connectivity index (χ1n) is 4.70. The van der Waals surface area contributed by atoms with E-state index >= 15 is 0 Å². The number of hydrogen-bond acceptors (Lipinski definition) is 5. The van der Waals surface area contributed by atoms with Gasteiger partial charge in [0.2, 0.25) is 9.84 Å². The molecule has 0 aliphatic heterocycles. The van der Waals surface area contributed by atoms with Crippen molar-refractivity contribution in [2.45, 2.75) is 10.1 Å². The lowest BCUT2D eigenvalue weighted by Gasteiger charge is -2.01. The standard InChI is InChI=1S/C10H9N3O3S/c1-13-7-12-10(8(13)6-14)17(15,16)9-4-2-3-5-11-9/h2-7H,1H3. The van der Waals surface area contributed by atoms with Gasteiger partial charge in [-0.1, -0.05) is 6.07 Å². The largest absolute Gasteiger partial charge is 0.330 e. The average molecular weight is 251 g/mol. The molecule has 0 aliphatic rings. The minimum absolute atomic E-state index is 0.00986. The van der Waals surface area contributed by atoms with Crippen molar-refractivity contribution in [3.8, 4) is 0 Å². The lowest BCUT2D eigenvalue weighted by Crippen LogP contribution is -2.08. The number of nitrogens with zero attached hydrogens (tertiary/aromatic N) is 3. The molecule has 2 heterocycles. The van der Waals surface area contributed by atoms with Gasteiger partial charge in [-0.05, 0) is 12.1 Å². The summed E-state index contributed by atoms with van der Waals surface area (Å²) < 4.78 is 25.6. The van der Waals surface area contributed by atoms with Gasteiger partial charge in [0.1, 0.15) is 5.69 Å². The number of aryl methyl sites for hydroxylation is 1. The molecule has 0 atom stereocenters. The first kappa shape index (κ1) is 11.5. The van der Waals surface area contributed by atoms with Gasteiger partial charge in [0.05, 0.1) is 6.33 Å². The molecule has 0 aromatic carbocycles. The second-order valence-electron chi connectivity index (χ2n) is 3.34. The zero-order valence-electron chi connectivity index (χ0n) is 8.94. The molecule has 2 aromatic rings. The maximum Gasteiger partial charge on any atom is 0.243 e. The predicted octanol–water partition coefficient (Wildman–Crippen LogP) is 0.460. The molecule has 0 aliphatic carbocycles. The molecule has 0 fully saturated rings. The van der Waals surface area contributed by atoms with Crippen LogP contribution in [0.2, 0.25) is 0 Å². The van der Waals surface area contributed by atoms with Crippen LogP contribution in [0.25, 0.3) is 0 Å². The van der Waals surface area contributed by atoms with Crippen LogP contribution in [0.15, 0.2) is 40.8 Å². The first-order valence-corrected chi connectivity index (χ1v) is 6.18. The molecule has 2 aromatic heterocycles. The van der Waals surface area contributed by atoms with Gasteiger partial charge in [-0.15, -0.1) is 0 Å². The predicted molar refractivity (Wildman–Crippen MR) is 58.3 cm³/mol. The third-order valence-electron chi connectivity index (χ3n) is 2.23. The Balaban J connectivity index is 2.64. The van der Waals surface area contributed by atoms with E-state index in [0.29, 0.717) is 6.29 Å². The molecule has 17 heavy (non-hydrogen) atoms. The van der Waals surface area contributed by atoms with E-state index < -0.39 is 9.84 Å². The summed E-state index contributed by atoms with van der Waals surface area (Å²) in [4.78, 5) is 18.3. The summed E-state index contributed by atoms with van der Waals surface area (Å²) in [5, 5.41) is -0.393. The second kappa shape index (κ2) is 4.10. The Labute approximate surface area is 97.9 Å². The first-order chi connectivity index (χ1) is 8.07. The molecule has 2 rings (SSSR count). The van der Waals surface area contributed by atoms with Gasteiger partial charge in [-0.3, -0.25) is 4.79 Å². The van der Waals surface area contributed by atoms with Gasteiger partial charge in [0.25, 0.3) is 0 Å². The quantitative estimate of drug-likeness (QED) is 0.740. The molecule has 7 heteroatoms. The second-order valence-corrected chi connectivity index (χ2v) is 5.15. The van der Waals surface area contributed by atoms with Crippen molar-refractivity contribution in [3.05, 3.63) is 36.4 Å². The molecule has 6 nitrogen and oxygen atoms in total. The van der Waals surface area contributed by atoms with Gasteiger partial charge < -0.3 is 4.57 Å². The summed E-state index contributed by atoms with van der Waals surface area (Å²) in [6.45, 7) is 0. The molecular weight excluding hydrogens is 242 g/mol. The highest BCUT2D eigenvalue weighted by atomic mass is 32.2. The molecule has 88 valence electrons. The maximum atomic E-state index is 12.1. The summed E-state index contributed by atoms with van der Waals surface area (Å²) in [5.41, 5.74) is 0.00986. The van der Waals surface area contributed by atoms with Crippen LogP contribution in [0.1, 0.15) is 10.5 Å². The topological polar surface area (TPSA) is 81.9 Å². The highest BCUT2D eigenvalue weighted by Crippen LogP contribution is 2.19. The number of aldehydes is 1. The number of pyridine rings is 1. The smallest absolute Gasteiger partial charge is 0.243 e. The monoisotopic (exact) mass is 251 g/mol. The Bertz CT molecular complexity index is 647. The summed E-state index contributed by atoms with van der Waals surface area (Å²) >= 11 is 0. The summed E-state index contributed by atoms with van der Waals surface area (Å²) in [5.74, 6) is 0. The number of imidazole rings is 1. The molecular formula is C10H9N3O3S. The normalized spacial score (nSPS) is 11.4. The van der Waals surface area contributed by atoms with Gasteiger partial charge >= 0.3 is 0 Å². The Morgan fingerprint density at radius 3 is 2.65 bits per heavy atom. The van der Waals surface area contributed by atoms with Crippen LogP contribution < -0.4 is 0 Å². The number of hydrogen-bond donors (Lipinski definition) is 0. The third kappa shape index (κ3) is 1.84. The zero-order chi connectivity index (χ0) is 12.5. The van der Waals surface area contributed by atoms with E-state index in [-0.39, 0.29) is 15.7 Å². The highest BCUT2D eigenvalue weighted by molar-refractivity contribution is 7.91. The van der Waals surface area contributed by atoms with E-state index in [9.17, 15) is 13.2 Å². The number of carbonyl (C=O) groups is 1. The number of rotatable bonds is 3. The van der Waals surface area contributed by atoms with Crippen molar-refractivity contribution in [3.63, 3.8) is 0 Å². The van der Waals surface area contributed by atoms with E-state index in [4.69, 9.17) is 0 Å². The Kier molecular flexibility index (Phi) is 2.76. The van der Waals surface area contributed by atoms with Crippen LogP contribution in [0.4, 0.5) is 0 Å². The van der Waals surface area contributed by atoms with Crippen molar-refractivity contribution >= 4 is 16.1 Å². The van der Waals surface area contributed by atoms with E-state index in [1.165, 1.54) is 23.2 Å². The third-order valence-corrected chi connectivity index (χ3v) is 3.84. The fourth-order valence-corrected chi connectivity index (χ4v) is 2.67. The molecule has 0 bridgehead atoms. The van der Waals surface area contributed by atoms with Crippen LogP contribution >= 0.6 is 0 Å². The zero-order valence-corrected chi connectivity index (χ0v) is 9.76. The lowest BCUT2D eigenvalue weighted by molar-refractivity contribution is 0.111. The average Bonchev–Trinajstić information content (AvgIpc) is 2.72. The molecule has 0 amide bonds. The van der Waals surface area contributed by atoms with Crippen LogP contribution in [0, 0.1) is 0 Å². The van der Waals surface area contributed by atoms with E-state index in [1.54, 1.807) is 19.2 Å². The van der Waals surface area contributed by atoms with Crippen LogP contribution in [-0.2, 0) is 16.9 Å². The number of aromatic nitrogens is 3. The van der Waals surface area contributed by atoms with Crippen LogP contribution in [0.5, 0.6) is 0 Å². The van der Waals surface area contributed by atoms with Crippen molar-refractivity contribution in [2.75, 3.05) is 0 Å². The lowest BCUT2D eigenvalue weighted by atomic mass is 10.5. The van der Waals surface area contributed by atoms with Crippen molar-refractivity contribution in [2.24, 2.45) is 7.05 Å². The number of carbonyl (C=O) groups excluding carboxylic acids is 1. The molecule has 0 radical (unpaired) electrons. The number of sulfone groups is 1. The summed E-state index contributed by atoms with van der Waals surface area (Å²) in [6.07, 6.45) is 3.11. The molecule has 0 unspecified atom stereocenters. The van der Waals surface area contributed by atoms with Crippen molar-refractivity contribution < 1.29 is 13.2 Å². The highest BCUT2D eigenvalue weighted by Gasteiger charge is 2.26. The Morgan fingerprint density at radius 2 is 2.06 bits per heavy atom. The van der Waals surface area contributed by atoms with Gasteiger partial charge in [0, 0.05) is 13.2 Å². The van der Waals surface area contributed by atoms with Crippen molar-refractivity contribution in [1.29, 1.82) is 0 Å². The van der Waals surface area contributed by atoms with E-state index in [1.807, 2.05) is 0 Å².